The van der Waals surface area contributed by atoms with Gasteiger partial charge in [0.05, 0.1) is 10.8 Å². The summed E-state index contributed by atoms with van der Waals surface area (Å²) in [5.74, 6) is 0. The molecule has 0 aliphatic rings. The third kappa shape index (κ3) is 1.73. The standard InChI is InChI=1S/C17H11N3O/c21-15-13-8-4-10-18-16(13)20(12-6-2-1-3-7-12)17-14(15)9-5-11-19-17/h1-11H. The van der Waals surface area contributed by atoms with E-state index in [2.05, 4.69) is 9.97 Å². The maximum atomic E-state index is 12.6. The van der Waals surface area contributed by atoms with E-state index in [1.54, 1.807) is 36.7 Å². The van der Waals surface area contributed by atoms with Crippen LogP contribution in [0.4, 0.5) is 0 Å². The summed E-state index contributed by atoms with van der Waals surface area (Å²) in [6.07, 6.45) is 3.38. The van der Waals surface area contributed by atoms with Crippen LogP contribution in [0.2, 0.25) is 0 Å². The third-order valence-corrected chi connectivity index (χ3v) is 3.50. The van der Waals surface area contributed by atoms with Gasteiger partial charge in [0.25, 0.3) is 0 Å². The first-order valence-electron chi connectivity index (χ1n) is 6.66. The molecule has 4 aromatic rings. The summed E-state index contributed by atoms with van der Waals surface area (Å²) in [4.78, 5) is 21.4. The molecule has 1 aromatic carbocycles. The van der Waals surface area contributed by atoms with E-state index in [1.165, 1.54) is 0 Å². The molecule has 0 atom stereocenters. The molecule has 3 aromatic heterocycles. The lowest BCUT2D eigenvalue weighted by Crippen LogP contribution is -2.12. The van der Waals surface area contributed by atoms with Gasteiger partial charge in [0, 0.05) is 18.1 Å². The Morgan fingerprint density at radius 3 is 1.86 bits per heavy atom. The van der Waals surface area contributed by atoms with Gasteiger partial charge in [-0.05, 0) is 36.4 Å². The van der Waals surface area contributed by atoms with Crippen molar-refractivity contribution in [2.45, 2.75) is 0 Å². The number of fused-ring (bicyclic) bond motifs is 2. The SMILES string of the molecule is O=c1c2cccnc2n(-c2ccccc2)c2ncccc12. The average Bonchev–Trinajstić information content (AvgIpc) is 2.56. The van der Waals surface area contributed by atoms with Crippen molar-refractivity contribution in [1.29, 1.82) is 0 Å². The topological polar surface area (TPSA) is 47.8 Å². The number of aromatic nitrogens is 3. The number of para-hydroxylation sites is 1. The molecule has 21 heavy (non-hydrogen) atoms. The average molecular weight is 273 g/mol. The molecule has 0 saturated heterocycles. The van der Waals surface area contributed by atoms with Gasteiger partial charge in [-0.2, -0.15) is 0 Å². The summed E-state index contributed by atoms with van der Waals surface area (Å²) in [6.45, 7) is 0. The summed E-state index contributed by atoms with van der Waals surface area (Å²) >= 11 is 0. The van der Waals surface area contributed by atoms with Gasteiger partial charge in [-0.15, -0.1) is 0 Å². The lowest BCUT2D eigenvalue weighted by molar-refractivity contribution is 1.08. The van der Waals surface area contributed by atoms with Crippen LogP contribution in [0.1, 0.15) is 0 Å². The molecule has 0 amide bonds. The first-order chi connectivity index (χ1) is 10.4. The summed E-state index contributed by atoms with van der Waals surface area (Å²) in [5.41, 5.74) is 2.15. The van der Waals surface area contributed by atoms with Crippen LogP contribution in [-0.2, 0) is 0 Å². The number of hydrogen-bond donors (Lipinski definition) is 0. The van der Waals surface area contributed by atoms with Crippen LogP contribution in [0.5, 0.6) is 0 Å². The molecule has 0 saturated carbocycles. The van der Waals surface area contributed by atoms with Crippen LogP contribution < -0.4 is 5.43 Å². The highest BCUT2D eigenvalue weighted by atomic mass is 16.1. The Morgan fingerprint density at radius 1 is 0.714 bits per heavy atom. The van der Waals surface area contributed by atoms with Crippen LogP contribution in [0.3, 0.4) is 0 Å². The second-order valence-corrected chi connectivity index (χ2v) is 4.75. The minimum absolute atomic E-state index is 0.0339. The quantitative estimate of drug-likeness (QED) is 0.501. The van der Waals surface area contributed by atoms with Crippen LogP contribution in [0, 0.1) is 0 Å². The smallest absolute Gasteiger partial charge is 0.200 e. The van der Waals surface area contributed by atoms with Crippen molar-refractivity contribution in [2.75, 3.05) is 0 Å². The van der Waals surface area contributed by atoms with E-state index in [4.69, 9.17) is 0 Å². The zero-order chi connectivity index (χ0) is 14.2. The Morgan fingerprint density at radius 2 is 1.29 bits per heavy atom. The highest BCUT2D eigenvalue weighted by molar-refractivity contribution is 5.91. The molecule has 0 aliphatic heterocycles. The summed E-state index contributed by atoms with van der Waals surface area (Å²) < 4.78 is 1.92. The third-order valence-electron chi connectivity index (χ3n) is 3.50. The lowest BCUT2D eigenvalue weighted by atomic mass is 10.2. The van der Waals surface area contributed by atoms with Gasteiger partial charge in [0.1, 0.15) is 11.3 Å². The molecule has 3 heterocycles. The van der Waals surface area contributed by atoms with Crippen molar-refractivity contribution in [3.05, 3.63) is 77.2 Å². The number of benzene rings is 1. The predicted molar refractivity (Wildman–Crippen MR) is 82.6 cm³/mol. The van der Waals surface area contributed by atoms with Crippen molar-refractivity contribution in [1.82, 2.24) is 14.5 Å². The zero-order valence-electron chi connectivity index (χ0n) is 11.1. The maximum Gasteiger partial charge on any atom is 0.200 e. The first-order valence-corrected chi connectivity index (χ1v) is 6.66. The fourth-order valence-electron chi connectivity index (χ4n) is 2.57. The molecular weight excluding hydrogens is 262 g/mol. The van der Waals surface area contributed by atoms with Gasteiger partial charge >= 0.3 is 0 Å². The molecule has 0 fully saturated rings. The van der Waals surface area contributed by atoms with Gasteiger partial charge in [-0.1, -0.05) is 18.2 Å². The number of rotatable bonds is 1. The summed E-state index contributed by atoms with van der Waals surface area (Å²) in [7, 11) is 0. The normalized spacial score (nSPS) is 11.0. The molecule has 0 spiro atoms. The molecule has 4 rings (SSSR count). The van der Waals surface area contributed by atoms with E-state index >= 15 is 0 Å². The molecule has 0 aliphatic carbocycles. The molecule has 0 N–H and O–H groups in total. The molecule has 4 nitrogen and oxygen atoms in total. The van der Waals surface area contributed by atoms with E-state index in [0.717, 1.165) is 5.69 Å². The van der Waals surface area contributed by atoms with E-state index in [1.807, 2.05) is 34.9 Å². The fourth-order valence-corrected chi connectivity index (χ4v) is 2.57. The minimum Gasteiger partial charge on any atom is -0.288 e. The molecule has 0 bridgehead atoms. The second-order valence-electron chi connectivity index (χ2n) is 4.75. The van der Waals surface area contributed by atoms with Gasteiger partial charge in [-0.3, -0.25) is 9.36 Å². The Labute approximate surface area is 120 Å². The number of hydrogen-bond acceptors (Lipinski definition) is 3. The Hall–Kier alpha value is -3.01. The van der Waals surface area contributed by atoms with Gasteiger partial charge in [0.15, 0.2) is 0 Å². The van der Waals surface area contributed by atoms with E-state index in [9.17, 15) is 4.79 Å². The maximum absolute atomic E-state index is 12.6. The van der Waals surface area contributed by atoms with Crippen LogP contribution in [-0.4, -0.2) is 14.5 Å². The fraction of sp³-hybridized carbons (Fsp3) is 0. The molecule has 4 heteroatoms. The first kappa shape index (κ1) is 11.8. The highest BCUT2D eigenvalue weighted by Crippen LogP contribution is 2.20. The largest absolute Gasteiger partial charge is 0.288 e. The Balaban J connectivity index is 2.31. The van der Waals surface area contributed by atoms with Gasteiger partial charge in [0.2, 0.25) is 5.43 Å². The van der Waals surface area contributed by atoms with Crippen LogP contribution in [0.25, 0.3) is 27.8 Å². The molecule has 0 unspecified atom stereocenters. The van der Waals surface area contributed by atoms with Gasteiger partial charge < -0.3 is 0 Å². The van der Waals surface area contributed by atoms with Crippen molar-refractivity contribution >= 4 is 22.1 Å². The van der Waals surface area contributed by atoms with Crippen molar-refractivity contribution in [2.24, 2.45) is 0 Å². The van der Waals surface area contributed by atoms with Crippen LogP contribution >= 0.6 is 0 Å². The van der Waals surface area contributed by atoms with Crippen molar-refractivity contribution < 1.29 is 0 Å². The van der Waals surface area contributed by atoms with E-state index in [-0.39, 0.29) is 5.43 Å². The molecule has 0 radical (unpaired) electrons. The van der Waals surface area contributed by atoms with Crippen LogP contribution in [0.15, 0.2) is 71.8 Å². The number of pyridine rings is 3. The van der Waals surface area contributed by atoms with E-state index in [0.29, 0.717) is 22.1 Å². The summed E-state index contributed by atoms with van der Waals surface area (Å²) in [6, 6.07) is 17.0. The summed E-state index contributed by atoms with van der Waals surface area (Å²) in [5, 5.41) is 1.20. The minimum atomic E-state index is -0.0339. The Bertz CT molecular complexity index is 947. The predicted octanol–water partition coefficient (Wildman–Crippen LogP) is 2.93. The van der Waals surface area contributed by atoms with Crippen molar-refractivity contribution in [3.8, 4) is 5.69 Å². The monoisotopic (exact) mass is 273 g/mol. The zero-order valence-corrected chi connectivity index (χ0v) is 11.1. The molecule has 100 valence electrons. The van der Waals surface area contributed by atoms with Crippen molar-refractivity contribution in [3.63, 3.8) is 0 Å². The number of nitrogens with zero attached hydrogens (tertiary/aromatic N) is 3. The second kappa shape index (κ2) is 4.52. The lowest BCUT2D eigenvalue weighted by Gasteiger charge is -2.12. The highest BCUT2D eigenvalue weighted by Gasteiger charge is 2.13. The molecular formula is C17H11N3O. The van der Waals surface area contributed by atoms with E-state index < -0.39 is 0 Å². The Kier molecular flexibility index (Phi) is 2.54. The van der Waals surface area contributed by atoms with Gasteiger partial charge in [-0.25, -0.2) is 9.97 Å².